The number of hydrogen-bond donors (Lipinski definition) is 1. The molecular weight excluding hydrogens is 282 g/mol. The Morgan fingerprint density at radius 3 is 2.00 bits per heavy atom. The van der Waals surface area contributed by atoms with Gasteiger partial charge in [0.05, 0.1) is 6.04 Å². The van der Waals surface area contributed by atoms with Gasteiger partial charge in [0.15, 0.2) is 0 Å². The number of carbonyl (C=O) groups is 1. The number of rotatable bonds is 12. The van der Waals surface area contributed by atoms with Gasteiger partial charge in [0, 0.05) is 0 Å². The van der Waals surface area contributed by atoms with Crippen molar-refractivity contribution in [1.29, 1.82) is 0 Å². The van der Waals surface area contributed by atoms with Gasteiger partial charge >= 0.3 is 0 Å². The normalized spacial score (nSPS) is 17.1. The minimum atomic E-state index is -0.0384. The van der Waals surface area contributed by atoms with Crippen molar-refractivity contribution in [3.05, 3.63) is 0 Å². The van der Waals surface area contributed by atoms with Gasteiger partial charge < -0.3 is 10.1 Å². The third kappa shape index (κ3) is 6.95. The van der Waals surface area contributed by atoms with Crippen molar-refractivity contribution in [3.8, 4) is 0 Å². The highest BCUT2D eigenvalue weighted by molar-refractivity contribution is 5.58. The second kappa shape index (κ2) is 9.81. The summed E-state index contributed by atoms with van der Waals surface area (Å²) in [5, 5.41) is 3.55. The lowest BCUT2D eigenvalue weighted by molar-refractivity contribution is -0.113. The smallest absolute Gasteiger partial charge is 0.137 e. The molecule has 0 heterocycles. The summed E-state index contributed by atoms with van der Waals surface area (Å²) in [6, 6.07) is -0.0384. The van der Waals surface area contributed by atoms with Crippen LogP contribution in [-0.4, -0.2) is 18.9 Å². The molecule has 0 aromatic rings. The number of carbonyl (C=O) groups excluding carboxylic acids is 1. The van der Waals surface area contributed by atoms with Crippen LogP contribution in [0.25, 0.3) is 0 Å². The largest absolute Gasteiger partial charge is 0.307 e. The van der Waals surface area contributed by atoms with E-state index in [1.165, 1.54) is 6.29 Å². The molecule has 0 aromatic heterocycles. The number of unbranched alkanes of at least 4 members (excludes halogenated alkanes) is 1. The second-order valence-corrected chi connectivity index (χ2v) is 9.15. The Hall–Kier alpha value is -0.370. The van der Waals surface area contributed by atoms with E-state index >= 15 is 0 Å². The molecule has 3 atom stereocenters. The average Bonchev–Trinajstić information content (AvgIpc) is 2.48. The van der Waals surface area contributed by atoms with E-state index in [1.807, 2.05) is 0 Å². The number of hydrogen-bond acceptors (Lipinski definition) is 2. The summed E-state index contributed by atoms with van der Waals surface area (Å²) in [7, 11) is 0. The maximum Gasteiger partial charge on any atom is 0.137 e. The fourth-order valence-corrected chi connectivity index (χ4v) is 3.52. The first kappa shape index (κ1) is 22.6. The van der Waals surface area contributed by atoms with Gasteiger partial charge in [0.1, 0.15) is 6.29 Å². The van der Waals surface area contributed by atoms with E-state index in [4.69, 9.17) is 0 Å². The average molecular weight is 326 g/mol. The van der Waals surface area contributed by atoms with E-state index in [0.29, 0.717) is 17.8 Å². The zero-order valence-corrected chi connectivity index (χ0v) is 17.3. The van der Waals surface area contributed by atoms with Crippen LogP contribution in [0, 0.1) is 28.6 Å². The van der Waals surface area contributed by atoms with Crippen LogP contribution in [0.1, 0.15) is 88.0 Å². The van der Waals surface area contributed by atoms with Gasteiger partial charge in [-0.2, -0.15) is 0 Å². The van der Waals surface area contributed by atoms with Gasteiger partial charge in [-0.15, -0.1) is 0 Å². The third-order valence-electron chi connectivity index (χ3n) is 6.35. The summed E-state index contributed by atoms with van der Waals surface area (Å²) in [5.41, 5.74) is 0.401. The highest BCUT2D eigenvalue weighted by atomic mass is 16.1. The molecule has 0 aromatic carbocycles. The highest BCUT2D eigenvalue weighted by Crippen LogP contribution is 2.46. The first-order chi connectivity index (χ1) is 10.5. The summed E-state index contributed by atoms with van der Waals surface area (Å²) >= 11 is 0. The summed E-state index contributed by atoms with van der Waals surface area (Å²) in [5.74, 6) is 1.57. The van der Waals surface area contributed by atoms with E-state index in [1.54, 1.807) is 0 Å². The third-order valence-corrected chi connectivity index (χ3v) is 6.35. The second-order valence-electron chi connectivity index (χ2n) is 9.15. The Balaban J connectivity index is 5.46. The maximum atomic E-state index is 11.9. The van der Waals surface area contributed by atoms with Crippen molar-refractivity contribution >= 4 is 6.29 Å². The van der Waals surface area contributed by atoms with Crippen LogP contribution in [0.15, 0.2) is 0 Å². The molecule has 0 spiro atoms. The monoisotopic (exact) mass is 325 g/mol. The molecule has 3 unspecified atom stereocenters. The molecule has 0 saturated heterocycles. The first-order valence-electron chi connectivity index (χ1n) is 9.72. The predicted octanol–water partition coefficient (Wildman–Crippen LogP) is 5.70. The molecule has 23 heavy (non-hydrogen) atoms. The molecule has 138 valence electrons. The quantitative estimate of drug-likeness (QED) is 0.368. The lowest BCUT2D eigenvalue weighted by Gasteiger charge is -2.47. The molecule has 0 saturated carbocycles. The van der Waals surface area contributed by atoms with E-state index in [2.05, 4.69) is 67.6 Å². The van der Waals surface area contributed by atoms with Gasteiger partial charge in [0.2, 0.25) is 0 Å². The molecule has 2 nitrogen and oxygen atoms in total. The molecule has 0 aliphatic carbocycles. The molecule has 1 N–H and O–H groups in total. The van der Waals surface area contributed by atoms with Crippen molar-refractivity contribution in [1.82, 2.24) is 5.32 Å². The van der Waals surface area contributed by atoms with Gasteiger partial charge in [-0.3, -0.25) is 0 Å². The summed E-state index contributed by atoms with van der Waals surface area (Å²) in [6.45, 7) is 21.8. The van der Waals surface area contributed by atoms with Gasteiger partial charge in [-0.25, -0.2) is 0 Å². The Kier molecular flexibility index (Phi) is 9.65. The Morgan fingerprint density at radius 2 is 1.61 bits per heavy atom. The summed E-state index contributed by atoms with van der Waals surface area (Å²) in [6.07, 6.45) is 5.71. The molecule has 2 heteroatoms. The molecule has 0 amide bonds. The standard InChI is InChI=1S/C21H43NO/c1-10-12-13-22-19(15-23)18(14-20(6,7)11-2)21(8,9)17(5)16(3)4/h15-19,22H,10-14H2,1-9H3. The lowest BCUT2D eigenvalue weighted by Crippen LogP contribution is -2.49. The summed E-state index contributed by atoms with van der Waals surface area (Å²) in [4.78, 5) is 11.9. The van der Waals surface area contributed by atoms with E-state index in [0.717, 1.165) is 32.2 Å². The minimum absolute atomic E-state index is 0.0384. The van der Waals surface area contributed by atoms with Crippen molar-refractivity contribution in [2.45, 2.75) is 94.0 Å². The van der Waals surface area contributed by atoms with Crippen LogP contribution in [0.3, 0.4) is 0 Å². The van der Waals surface area contributed by atoms with Crippen LogP contribution < -0.4 is 5.32 Å². The van der Waals surface area contributed by atoms with Crippen LogP contribution in [0.5, 0.6) is 0 Å². The maximum absolute atomic E-state index is 11.9. The minimum Gasteiger partial charge on any atom is -0.307 e. The lowest BCUT2D eigenvalue weighted by atomic mass is 9.60. The van der Waals surface area contributed by atoms with Crippen LogP contribution in [0.4, 0.5) is 0 Å². The molecular formula is C21H43NO. The number of nitrogens with one attached hydrogen (secondary N) is 1. The van der Waals surface area contributed by atoms with Crippen molar-refractivity contribution in [2.24, 2.45) is 28.6 Å². The molecule has 0 bridgehead atoms. The van der Waals surface area contributed by atoms with E-state index in [-0.39, 0.29) is 16.9 Å². The molecule has 0 fully saturated rings. The van der Waals surface area contributed by atoms with Crippen LogP contribution >= 0.6 is 0 Å². The van der Waals surface area contributed by atoms with Crippen molar-refractivity contribution < 1.29 is 4.79 Å². The molecule has 0 rings (SSSR count). The van der Waals surface area contributed by atoms with E-state index in [9.17, 15) is 4.79 Å². The van der Waals surface area contributed by atoms with Crippen molar-refractivity contribution in [2.75, 3.05) is 6.54 Å². The number of aldehydes is 1. The zero-order valence-electron chi connectivity index (χ0n) is 17.3. The Morgan fingerprint density at radius 1 is 1.04 bits per heavy atom. The fraction of sp³-hybridized carbons (Fsp3) is 0.952. The molecule has 0 radical (unpaired) electrons. The SMILES string of the molecule is CCCCNC(C=O)C(CC(C)(C)CC)C(C)(C)C(C)C(C)C. The highest BCUT2D eigenvalue weighted by Gasteiger charge is 2.42. The predicted molar refractivity (Wildman–Crippen MR) is 103 cm³/mol. The fourth-order valence-electron chi connectivity index (χ4n) is 3.52. The zero-order chi connectivity index (χ0) is 18.3. The van der Waals surface area contributed by atoms with Crippen LogP contribution in [0.2, 0.25) is 0 Å². The molecule has 0 aliphatic rings. The van der Waals surface area contributed by atoms with Gasteiger partial charge in [0.25, 0.3) is 0 Å². The Labute approximate surface area is 146 Å². The van der Waals surface area contributed by atoms with Gasteiger partial charge in [-0.1, -0.05) is 75.2 Å². The van der Waals surface area contributed by atoms with Crippen LogP contribution in [-0.2, 0) is 4.79 Å². The van der Waals surface area contributed by atoms with E-state index < -0.39 is 0 Å². The van der Waals surface area contributed by atoms with Gasteiger partial charge in [-0.05, 0) is 48.0 Å². The topological polar surface area (TPSA) is 29.1 Å². The summed E-state index contributed by atoms with van der Waals surface area (Å²) < 4.78 is 0. The Bertz CT molecular complexity index is 333. The van der Waals surface area contributed by atoms with Crippen molar-refractivity contribution in [3.63, 3.8) is 0 Å². The first-order valence-corrected chi connectivity index (χ1v) is 9.72. The molecule has 0 aliphatic heterocycles.